The molecule has 0 spiro atoms. The number of hydrogen-bond acceptors (Lipinski definition) is 12. The monoisotopic (exact) mass is 686 g/mol. The third-order valence-electron chi connectivity index (χ3n) is 6.46. The highest BCUT2D eigenvalue weighted by Gasteiger charge is 2.18. The van der Waals surface area contributed by atoms with Crippen molar-refractivity contribution < 1.29 is 53.9 Å². The summed E-state index contributed by atoms with van der Waals surface area (Å²) in [6.45, 7) is 0. The molecule has 0 radical (unpaired) electrons. The number of phenols is 1. The quantitative estimate of drug-likeness (QED) is 0.0933. The number of nitrogens with zero attached hydrogens (tertiary/aromatic N) is 4. The number of carboxylic acids is 1. The van der Waals surface area contributed by atoms with Gasteiger partial charge in [-0.2, -0.15) is 30.4 Å². The second kappa shape index (κ2) is 11.6. The van der Waals surface area contributed by atoms with Crippen LogP contribution >= 0.6 is 0 Å². The van der Waals surface area contributed by atoms with Crippen molar-refractivity contribution in [3.8, 4) is 5.75 Å². The van der Waals surface area contributed by atoms with Gasteiger partial charge in [0.15, 0.2) is 0 Å². The number of azo groups is 2. The SMILES string of the molecule is O=C(O)c1cc(N=Nc2ccc(N=Nc3cc(S(=O)(=O)O)cc4cc(S(=O)(=O)O)ccc34)c3ccc(S(=O)(=O)O)cc23)ccc1O. The average molecular weight is 687 g/mol. The Kier molecular flexibility index (Phi) is 8.15. The van der Waals surface area contributed by atoms with E-state index >= 15 is 0 Å². The Morgan fingerprint density at radius 1 is 0.522 bits per heavy atom. The summed E-state index contributed by atoms with van der Waals surface area (Å²) in [6.07, 6.45) is 0. The van der Waals surface area contributed by atoms with Crippen molar-refractivity contribution in [3.63, 3.8) is 0 Å². The summed E-state index contributed by atoms with van der Waals surface area (Å²) >= 11 is 0. The highest BCUT2D eigenvalue weighted by atomic mass is 32.2. The molecule has 46 heavy (non-hydrogen) atoms. The van der Waals surface area contributed by atoms with Gasteiger partial charge >= 0.3 is 5.97 Å². The standard InChI is InChI=1S/C27H18N4O12S3/c32-26-8-1-15(11-22(26)27(33)34)28-29-24-7-6-23(20-5-3-17(12-21(20)24)45(38,39)40)30-31-25-13-18(46(41,42)43)10-14-9-16(44(35,36)37)2-4-19(14)25/h1-13,32H,(H,33,34)(H,35,36,37)(H,38,39,40)(H,41,42,43). The molecule has 5 aromatic rings. The van der Waals surface area contributed by atoms with E-state index in [0.29, 0.717) is 0 Å². The molecule has 5 rings (SSSR count). The van der Waals surface area contributed by atoms with Gasteiger partial charge in [-0.15, -0.1) is 15.3 Å². The second-order valence-electron chi connectivity index (χ2n) is 9.47. The van der Waals surface area contributed by atoms with Gasteiger partial charge < -0.3 is 10.2 Å². The van der Waals surface area contributed by atoms with E-state index in [2.05, 4.69) is 20.5 Å². The number of carboxylic acid groups (broad SMARTS) is 1. The second-order valence-corrected chi connectivity index (χ2v) is 13.7. The zero-order valence-electron chi connectivity index (χ0n) is 22.6. The summed E-state index contributed by atoms with van der Waals surface area (Å²) in [4.78, 5) is 9.63. The first-order chi connectivity index (χ1) is 21.4. The lowest BCUT2D eigenvalue weighted by atomic mass is 10.1. The van der Waals surface area contributed by atoms with Gasteiger partial charge in [-0.1, -0.05) is 12.1 Å². The molecule has 0 saturated carbocycles. The molecule has 0 aliphatic heterocycles. The molecule has 0 unspecified atom stereocenters. The van der Waals surface area contributed by atoms with E-state index in [0.717, 1.165) is 48.5 Å². The Morgan fingerprint density at radius 2 is 1.04 bits per heavy atom. The third kappa shape index (κ3) is 6.73. The van der Waals surface area contributed by atoms with Crippen LogP contribution in [0.1, 0.15) is 10.4 Å². The van der Waals surface area contributed by atoms with Gasteiger partial charge in [-0.25, -0.2) is 4.79 Å². The van der Waals surface area contributed by atoms with Crippen LogP contribution in [-0.4, -0.2) is 55.1 Å². The van der Waals surface area contributed by atoms with Crippen molar-refractivity contribution in [3.05, 3.63) is 84.4 Å². The Hall–Kier alpha value is -5.18. The predicted molar refractivity (Wildman–Crippen MR) is 161 cm³/mol. The van der Waals surface area contributed by atoms with Crippen molar-refractivity contribution >= 4 is 80.6 Å². The Labute approximate surface area is 259 Å². The van der Waals surface area contributed by atoms with Crippen LogP contribution in [-0.2, 0) is 30.4 Å². The smallest absolute Gasteiger partial charge is 0.339 e. The van der Waals surface area contributed by atoms with E-state index in [1.165, 1.54) is 30.3 Å². The van der Waals surface area contributed by atoms with Crippen molar-refractivity contribution in [2.24, 2.45) is 20.5 Å². The van der Waals surface area contributed by atoms with Gasteiger partial charge in [0, 0.05) is 16.2 Å². The summed E-state index contributed by atoms with van der Waals surface area (Å²) in [5.41, 5.74) is -0.430. The molecule has 16 nitrogen and oxygen atoms in total. The van der Waals surface area contributed by atoms with E-state index in [1.807, 2.05) is 0 Å². The molecule has 5 N–H and O–H groups in total. The highest BCUT2D eigenvalue weighted by molar-refractivity contribution is 7.86. The first kappa shape index (κ1) is 32.2. The van der Waals surface area contributed by atoms with Crippen LogP contribution in [0.5, 0.6) is 5.75 Å². The van der Waals surface area contributed by atoms with Crippen LogP contribution in [0.25, 0.3) is 21.5 Å². The molecule has 19 heteroatoms. The molecular weight excluding hydrogens is 669 g/mol. The minimum atomic E-state index is -4.81. The molecule has 0 bridgehead atoms. The van der Waals surface area contributed by atoms with E-state index in [4.69, 9.17) is 0 Å². The first-order valence-corrected chi connectivity index (χ1v) is 16.7. The van der Waals surface area contributed by atoms with Gasteiger partial charge in [0.05, 0.1) is 37.4 Å². The number of aromatic carboxylic acids is 1. The lowest BCUT2D eigenvalue weighted by Crippen LogP contribution is -2.00. The lowest BCUT2D eigenvalue weighted by Gasteiger charge is -2.08. The maximum atomic E-state index is 11.9. The van der Waals surface area contributed by atoms with Crippen molar-refractivity contribution in [2.75, 3.05) is 0 Å². The van der Waals surface area contributed by atoms with E-state index < -0.39 is 62.3 Å². The minimum absolute atomic E-state index is 0.0285. The zero-order valence-corrected chi connectivity index (χ0v) is 25.1. The normalized spacial score (nSPS) is 12.8. The molecule has 0 saturated heterocycles. The molecule has 0 aromatic heterocycles. The molecular formula is C27H18N4O12S3. The maximum absolute atomic E-state index is 11.9. The predicted octanol–water partition coefficient (Wildman–Crippen LogP) is 5.97. The fourth-order valence-electron chi connectivity index (χ4n) is 4.30. The van der Waals surface area contributed by atoms with E-state index in [9.17, 15) is 53.9 Å². The first-order valence-electron chi connectivity index (χ1n) is 12.4. The largest absolute Gasteiger partial charge is 0.507 e. The Bertz CT molecular complexity index is 2490. The van der Waals surface area contributed by atoms with E-state index in [-0.39, 0.29) is 44.3 Å². The molecule has 5 aromatic carbocycles. The van der Waals surface area contributed by atoms with Crippen LogP contribution < -0.4 is 0 Å². The van der Waals surface area contributed by atoms with Crippen molar-refractivity contribution in [2.45, 2.75) is 14.7 Å². The number of hydrogen-bond donors (Lipinski definition) is 5. The fourth-order valence-corrected chi connectivity index (χ4v) is 5.86. The Balaban J connectivity index is 1.67. The summed E-state index contributed by atoms with van der Waals surface area (Å²) in [5.74, 6) is -1.92. The molecule has 0 fully saturated rings. The fraction of sp³-hybridized carbons (Fsp3) is 0. The van der Waals surface area contributed by atoms with Crippen LogP contribution in [0.15, 0.2) is 114 Å². The molecule has 0 amide bonds. The third-order valence-corrected chi connectivity index (χ3v) is 8.99. The summed E-state index contributed by atoms with van der Waals surface area (Å²) in [7, 11) is -14.2. The Morgan fingerprint density at radius 3 is 1.65 bits per heavy atom. The van der Waals surface area contributed by atoms with Gasteiger partial charge in [0.2, 0.25) is 0 Å². The molecule has 0 aliphatic rings. The van der Waals surface area contributed by atoms with Crippen molar-refractivity contribution in [1.82, 2.24) is 0 Å². The zero-order chi connectivity index (χ0) is 33.6. The molecule has 0 atom stereocenters. The number of carbonyl (C=O) groups is 1. The number of aromatic hydroxyl groups is 1. The number of benzene rings is 5. The van der Waals surface area contributed by atoms with Crippen molar-refractivity contribution in [1.29, 1.82) is 0 Å². The van der Waals surface area contributed by atoms with Gasteiger partial charge in [0.1, 0.15) is 11.3 Å². The molecule has 0 aliphatic carbocycles. The van der Waals surface area contributed by atoms with Crippen LogP contribution in [0.4, 0.5) is 22.7 Å². The van der Waals surface area contributed by atoms with Crippen LogP contribution in [0.3, 0.4) is 0 Å². The minimum Gasteiger partial charge on any atom is -0.507 e. The molecule has 0 heterocycles. The van der Waals surface area contributed by atoms with E-state index in [1.54, 1.807) is 0 Å². The topological polar surface area (TPSA) is 270 Å². The summed E-state index contributed by atoms with van der Waals surface area (Å²) in [6, 6.07) is 14.8. The maximum Gasteiger partial charge on any atom is 0.339 e. The highest BCUT2D eigenvalue weighted by Crippen LogP contribution is 2.38. The van der Waals surface area contributed by atoms with Gasteiger partial charge in [-0.05, 0) is 72.1 Å². The van der Waals surface area contributed by atoms with Gasteiger partial charge in [0.25, 0.3) is 30.4 Å². The molecule has 236 valence electrons. The lowest BCUT2D eigenvalue weighted by molar-refractivity contribution is 0.0693. The van der Waals surface area contributed by atoms with Crippen LogP contribution in [0, 0.1) is 0 Å². The van der Waals surface area contributed by atoms with Crippen LogP contribution in [0.2, 0.25) is 0 Å². The summed E-state index contributed by atoms with van der Waals surface area (Å²) in [5, 5.41) is 35.7. The summed E-state index contributed by atoms with van der Waals surface area (Å²) < 4.78 is 99.5. The number of rotatable bonds is 8. The van der Waals surface area contributed by atoms with Gasteiger partial charge in [-0.3, -0.25) is 13.7 Å². The average Bonchev–Trinajstić information content (AvgIpc) is 2.97. The number of fused-ring (bicyclic) bond motifs is 2.